The summed E-state index contributed by atoms with van der Waals surface area (Å²) in [4.78, 5) is 0. The van der Waals surface area contributed by atoms with Crippen molar-refractivity contribution in [3.05, 3.63) is 78.5 Å². The Bertz CT molecular complexity index is 685. The van der Waals surface area contributed by atoms with Gasteiger partial charge in [0.15, 0.2) is 0 Å². The summed E-state index contributed by atoms with van der Waals surface area (Å²) in [6, 6.07) is 20.3. The zero-order valence-electron chi connectivity index (χ0n) is 11.1. The van der Waals surface area contributed by atoms with E-state index in [0.29, 0.717) is 6.54 Å². The largest absolute Gasteiger partial charge is 0.248 e. The fourth-order valence-corrected chi connectivity index (χ4v) is 1.99. The van der Waals surface area contributed by atoms with E-state index in [2.05, 4.69) is 34.6 Å². The molecule has 3 rings (SSSR count). The molecule has 0 bridgehead atoms. The van der Waals surface area contributed by atoms with E-state index in [0.717, 1.165) is 11.3 Å². The van der Waals surface area contributed by atoms with Crippen LogP contribution >= 0.6 is 0 Å². The van der Waals surface area contributed by atoms with Crippen LogP contribution in [0, 0.1) is 0 Å². The van der Waals surface area contributed by atoms with Crippen LogP contribution in [0.2, 0.25) is 0 Å². The van der Waals surface area contributed by atoms with Gasteiger partial charge in [0.25, 0.3) is 0 Å². The van der Waals surface area contributed by atoms with Crippen LogP contribution in [-0.2, 0) is 6.54 Å². The van der Waals surface area contributed by atoms with Crippen LogP contribution in [0.4, 0.5) is 0 Å². The van der Waals surface area contributed by atoms with Gasteiger partial charge in [-0.15, -0.1) is 5.10 Å². The highest BCUT2D eigenvalue weighted by atomic mass is 15.4. The number of allylic oxidation sites excluding steroid dienone is 1. The fourth-order valence-electron chi connectivity index (χ4n) is 1.99. The molecule has 0 amide bonds. The molecule has 3 heteroatoms. The molecule has 0 saturated carbocycles. The molecule has 0 fully saturated rings. The van der Waals surface area contributed by atoms with Gasteiger partial charge in [-0.1, -0.05) is 78.0 Å². The molecule has 1 aromatic heterocycles. The van der Waals surface area contributed by atoms with Crippen LogP contribution in [-0.4, -0.2) is 15.0 Å². The van der Waals surface area contributed by atoms with E-state index in [4.69, 9.17) is 0 Å². The fraction of sp³-hybridized carbons (Fsp3) is 0.0588. The maximum Gasteiger partial charge on any atom is 0.113 e. The maximum atomic E-state index is 4.19. The third-order valence-corrected chi connectivity index (χ3v) is 3.01. The third-order valence-electron chi connectivity index (χ3n) is 3.01. The summed E-state index contributed by atoms with van der Waals surface area (Å²) in [5.74, 6) is 0. The molecule has 0 aliphatic rings. The normalized spacial score (nSPS) is 11.0. The van der Waals surface area contributed by atoms with Crippen LogP contribution in [0.25, 0.3) is 17.3 Å². The highest BCUT2D eigenvalue weighted by Crippen LogP contribution is 2.14. The van der Waals surface area contributed by atoms with Crippen LogP contribution in [0.15, 0.2) is 72.9 Å². The highest BCUT2D eigenvalue weighted by Gasteiger charge is 2.01. The van der Waals surface area contributed by atoms with E-state index in [1.807, 2.05) is 59.4 Å². The Morgan fingerprint density at radius 2 is 1.60 bits per heavy atom. The minimum atomic E-state index is 0.717. The number of hydrogen-bond acceptors (Lipinski definition) is 2. The SMILES string of the molecule is C(=Cc1ccccc1)Cn1cc(-c2ccccc2)nn1. The predicted octanol–water partition coefficient (Wildman–Crippen LogP) is 3.66. The minimum Gasteiger partial charge on any atom is -0.248 e. The Morgan fingerprint density at radius 3 is 2.35 bits per heavy atom. The van der Waals surface area contributed by atoms with Gasteiger partial charge in [0.1, 0.15) is 5.69 Å². The summed E-state index contributed by atoms with van der Waals surface area (Å²) in [5.41, 5.74) is 3.18. The van der Waals surface area contributed by atoms with E-state index in [1.165, 1.54) is 5.56 Å². The summed E-state index contributed by atoms with van der Waals surface area (Å²) in [5, 5.41) is 8.33. The van der Waals surface area contributed by atoms with Gasteiger partial charge in [0.2, 0.25) is 0 Å². The van der Waals surface area contributed by atoms with Crippen molar-refractivity contribution < 1.29 is 0 Å². The van der Waals surface area contributed by atoms with Crippen molar-refractivity contribution in [1.82, 2.24) is 15.0 Å². The first-order chi connectivity index (χ1) is 9.92. The lowest BCUT2D eigenvalue weighted by molar-refractivity contribution is 0.663. The first-order valence-corrected chi connectivity index (χ1v) is 6.59. The second kappa shape index (κ2) is 5.97. The van der Waals surface area contributed by atoms with Gasteiger partial charge in [-0.2, -0.15) is 0 Å². The molecule has 0 aliphatic heterocycles. The topological polar surface area (TPSA) is 30.7 Å². The first kappa shape index (κ1) is 12.4. The Labute approximate surface area is 118 Å². The molecule has 0 unspecified atom stereocenters. The van der Waals surface area contributed by atoms with Gasteiger partial charge >= 0.3 is 0 Å². The lowest BCUT2D eigenvalue weighted by Crippen LogP contribution is -1.95. The van der Waals surface area contributed by atoms with E-state index in [9.17, 15) is 0 Å². The molecule has 20 heavy (non-hydrogen) atoms. The van der Waals surface area contributed by atoms with Gasteiger partial charge in [0.05, 0.1) is 12.7 Å². The van der Waals surface area contributed by atoms with Crippen molar-refractivity contribution in [2.24, 2.45) is 0 Å². The summed E-state index contributed by atoms with van der Waals surface area (Å²) in [6.45, 7) is 0.717. The number of aromatic nitrogens is 3. The molecule has 1 heterocycles. The van der Waals surface area contributed by atoms with E-state index >= 15 is 0 Å². The van der Waals surface area contributed by atoms with Crippen molar-refractivity contribution in [3.63, 3.8) is 0 Å². The lowest BCUT2D eigenvalue weighted by Gasteiger charge is -1.94. The first-order valence-electron chi connectivity index (χ1n) is 6.59. The quantitative estimate of drug-likeness (QED) is 0.717. The number of nitrogens with zero attached hydrogens (tertiary/aromatic N) is 3. The van der Waals surface area contributed by atoms with Crippen molar-refractivity contribution in [2.75, 3.05) is 0 Å². The molecule has 3 aromatic rings. The monoisotopic (exact) mass is 261 g/mol. The zero-order chi connectivity index (χ0) is 13.6. The molecular formula is C17H15N3. The number of benzene rings is 2. The molecule has 0 radical (unpaired) electrons. The Kier molecular flexibility index (Phi) is 3.69. The van der Waals surface area contributed by atoms with Gasteiger partial charge in [-0.3, -0.25) is 0 Å². The smallest absolute Gasteiger partial charge is 0.113 e. The molecule has 0 aliphatic carbocycles. The van der Waals surface area contributed by atoms with Crippen molar-refractivity contribution in [2.45, 2.75) is 6.54 Å². The maximum absolute atomic E-state index is 4.19. The van der Waals surface area contributed by atoms with Crippen molar-refractivity contribution in [1.29, 1.82) is 0 Å². The van der Waals surface area contributed by atoms with Crippen LogP contribution in [0.5, 0.6) is 0 Å². The Morgan fingerprint density at radius 1 is 0.900 bits per heavy atom. The Hall–Kier alpha value is -2.68. The van der Waals surface area contributed by atoms with Crippen molar-refractivity contribution in [3.8, 4) is 11.3 Å². The minimum absolute atomic E-state index is 0.717. The van der Waals surface area contributed by atoms with E-state index in [-0.39, 0.29) is 0 Å². The molecule has 0 spiro atoms. The Balaban J connectivity index is 1.68. The van der Waals surface area contributed by atoms with Gasteiger partial charge in [-0.25, -0.2) is 4.68 Å². The van der Waals surface area contributed by atoms with Gasteiger partial charge < -0.3 is 0 Å². The van der Waals surface area contributed by atoms with Gasteiger partial charge in [0, 0.05) is 5.56 Å². The molecule has 2 aromatic carbocycles. The van der Waals surface area contributed by atoms with Crippen LogP contribution in [0.3, 0.4) is 0 Å². The molecule has 0 saturated heterocycles. The predicted molar refractivity (Wildman–Crippen MR) is 80.9 cm³/mol. The van der Waals surface area contributed by atoms with Gasteiger partial charge in [-0.05, 0) is 5.56 Å². The van der Waals surface area contributed by atoms with E-state index < -0.39 is 0 Å². The zero-order valence-corrected chi connectivity index (χ0v) is 11.1. The summed E-state index contributed by atoms with van der Waals surface area (Å²) < 4.78 is 1.84. The molecule has 3 nitrogen and oxygen atoms in total. The van der Waals surface area contributed by atoms with E-state index in [1.54, 1.807) is 0 Å². The van der Waals surface area contributed by atoms with Crippen LogP contribution in [0.1, 0.15) is 5.56 Å². The molecule has 98 valence electrons. The van der Waals surface area contributed by atoms with Crippen LogP contribution < -0.4 is 0 Å². The highest BCUT2D eigenvalue weighted by molar-refractivity contribution is 5.57. The molecule has 0 N–H and O–H groups in total. The molecular weight excluding hydrogens is 246 g/mol. The summed E-state index contributed by atoms with van der Waals surface area (Å²) >= 11 is 0. The lowest BCUT2D eigenvalue weighted by atomic mass is 10.2. The number of rotatable bonds is 4. The average Bonchev–Trinajstić information content (AvgIpc) is 2.98. The standard InChI is InChI=1S/C17H15N3/c1-3-8-15(9-4-1)10-7-13-20-14-17(18-19-20)16-11-5-2-6-12-16/h1-12,14H,13H2. The van der Waals surface area contributed by atoms with Crippen molar-refractivity contribution >= 4 is 6.08 Å². The second-order valence-corrected chi connectivity index (χ2v) is 4.50. The second-order valence-electron chi connectivity index (χ2n) is 4.50. The third kappa shape index (κ3) is 3.01. The summed E-state index contributed by atoms with van der Waals surface area (Å²) in [7, 11) is 0. The number of hydrogen-bond donors (Lipinski definition) is 0. The molecule has 0 atom stereocenters. The summed E-state index contributed by atoms with van der Waals surface area (Å²) in [6.07, 6.45) is 6.13. The average molecular weight is 261 g/mol.